The largest absolute Gasteiger partial charge is 0.387 e. The number of allylic oxidation sites excluding steroid dienone is 5. The highest BCUT2D eigenvalue weighted by Crippen LogP contribution is 2.10. The molecule has 3 unspecified atom stereocenters. The Morgan fingerprint density at radius 2 is 1.22 bits per heavy atom. The smallest absolute Gasteiger partial charge is 0.267 e. The van der Waals surface area contributed by atoms with Crippen LogP contribution in [0.3, 0.4) is 0 Å². The van der Waals surface area contributed by atoms with E-state index >= 15 is 0 Å². The third-order valence-electron chi connectivity index (χ3n) is 6.15. The van der Waals surface area contributed by atoms with Crippen LogP contribution < -0.4 is 5.32 Å². The van der Waals surface area contributed by atoms with E-state index in [9.17, 15) is 28.0 Å². The van der Waals surface area contributed by atoms with E-state index in [2.05, 4.69) is 43.5 Å². The number of amides is 1. The first kappa shape index (κ1) is 35.5. The van der Waals surface area contributed by atoms with E-state index in [4.69, 9.17) is 0 Å². The SMILES string of the molecule is CCCCC/C=C\CCCCCCC(O)C(=O)NC(CS(=O)(=O)O)C(O)/C=C/CC/C=C/CCCCC. The average molecular weight is 544 g/mol. The number of nitrogens with one attached hydrogen (secondary N) is 1. The number of aliphatic hydroxyl groups is 2. The minimum absolute atomic E-state index is 0.258. The van der Waals surface area contributed by atoms with Crippen molar-refractivity contribution in [3.8, 4) is 0 Å². The molecule has 0 bridgehead atoms. The van der Waals surface area contributed by atoms with E-state index in [-0.39, 0.29) is 6.42 Å². The topological polar surface area (TPSA) is 124 Å². The molecule has 0 fully saturated rings. The fourth-order valence-electron chi connectivity index (χ4n) is 3.87. The lowest BCUT2D eigenvalue weighted by atomic mass is 10.1. The standard InChI is InChI=1S/C29H53NO6S/c1-3-5-7-9-11-13-14-16-18-20-22-24-28(32)29(33)30-26(25-37(34,35)36)27(31)23-21-19-17-15-12-10-8-6-4-2/h11-13,15,21,23,26-28,31-32H,3-10,14,16-20,22,24-25H2,1-2H3,(H,30,33)(H,34,35,36)/b13-11-,15-12+,23-21+. The summed E-state index contributed by atoms with van der Waals surface area (Å²) in [6.07, 6.45) is 25.1. The number of aliphatic hydroxyl groups excluding tert-OH is 2. The maximum Gasteiger partial charge on any atom is 0.267 e. The van der Waals surface area contributed by atoms with E-state index in [0.717, 1.165) is 44.9 Å². The lowest BCUT2D eigenvalue weighted by Gasteiger charge is -2.22. The summed E-state index contributed by atoms with van der Waals surface area (Å²) >= 11 is 0. The Balaban J connectivity index is 4.38. The molecule has 0 saturated carbocycles. The van der Waals surface area contributed by atoms with Gasteiger partial charge in [0, 0.05) is 0 Å². The van der Waals surface area contributed by atoms with Crippen molar-refractivity contribution in [3.63, 3.8) is 0 Å². The van der Waals surface area contributed by atoms with Crippen molar-refractivity contribution in [2.45, 2.75) is 135 Å². The second kappa shape index (κ2) is 23.6. The number of unbranched alkanes of at least 4 members (excludes halogenated alkanes) is 11. The maximum absolute atomic E-state index is 12.4. The Morgan fingerprint density at radius 3 is 1.76 bits per heavy atom. The van der Waals surface area contributed by atoms with Crippen LogP contribution in [0.5, 0.6) is 0 Å². The fraction of sp³-hybridized carbons (Fsp3) is 0.759. The zero-order chi connectivity index (χ0) is 27.8. The van der Waals surface area contributed by atoms with Crippen molar-refractivity contribution in [1.29, 1.82) is 0 Å². The Labute approximate surface area is 226 Å². The highest BCUT2D eigenvalue weighted by molar-refractivity contribution is 7.85. The molecule has 0 aromatic carbocycles. The zero-order valence-electron chi connectivity index (χ0n) is 23.2. The minimum Gasteiger partial charge on any atom is -0.387 e. The summed E-state index contributed by atoms with van der Waals surface area (Å²) in [7, 11) is -4.44. The summed E-state index contributed by atoms with van der Waals surface area (Å²) in [5, 5.41) is 23.0. The average Bonchev–Trinajstić information content (AvgIpc) is 2.84. The molecule has 0 aliphatic heterocycles. The van der Waals surface area contributed by atoms with Crippen LogP contribution in [0.15, 0.2) is 36.5 Å². The highest BCUT2D eigenvalue weighted by atomic mass is 32.2. The van der Waals surface area contributed by atoms with Crippen molar-refractivity contribution in [2.24, 2.45) is 0 Å². The van der Waals surface area contributed by atoms with E-state index in [1.54, 1.807) is 6.08 Å². The van der Waals surface area contributed by atoms with E-state index in [0.29, 0.717) is 12.8 Å². The predicted molar refractivity (Wildman–Crippen MR) is 153 cm³/mol. The van der Waals surface area contributed by atoms with Crippen molar-refractivity contribution in [2.75, 3.05) is 5.75 Å². The van der Waals surface area contributed by atoms with Gasteiger partial charge in [0.1, 0.15) is 6.10 Å². The molecule has 0 rings (SSSR count). The van der Waals surface area contributed by atoms with Crippen LogP contribution in [-0.4, -0.2) is 53.1 Å². The summed E-state index contributed by atoms with van der Waals surface area (Å²) in [4.78, 5) is 12.4. The molecule has 0 spiro atoms. The van der Waals surface area contributed by atoms with Crippen molar-refractivity contribution < 1.29 is 28.0 Å². The van der Waals surface area contributed by atoms with Crippen molar-refractivity contribution in [3.05, 3.63) is 36.5 Å². The van der Waals surface area contributed by atoms with Crippen molar-refractivity contribution in [1.82, 2.24) is 5.32 Å². The van der Waals surface area contributed by atoms with E-state index in [1.807, 2.05) is 0 Å². The molecule has 7 nitrogen and oxygen atoms in total. The van der Waals surface area contributed by atoms with Gasteiger partial charge in [-0.1, -0.05) is 95.2 Å². The fourth-order valence-corrected chi connectivity index (χ4v) is 4.61. The molecule has 0 heterocycles. The monoisotopic (exact) mass is 543 g/mol. The summed E-state index contributed by atoms with van der Waals surface area (Å²) in [6.45, 7) is 4.36. The van der Waals surface area contributed by atoms with Gasteiger partial charge in [0.25, 0.3) is 10.1 Å². The number of carbonyl (C=O) groups excluding carboxylic acids is 1. The van der Waals surface area contributed by atoms with Crippen LogP contribution in [0.4, 0.5) is 0 Å². The number of hydrogen-bond acceptors (Lipinski definition) is 5. The van der Waals surface area contributed by atoms with Crippen LogP contribution in [0, 0.1) is 0 Å². The maximum atomic E-state index is 12.4. The Hall–Kier alpha value is -1.48. The molecule has 0 aliphatic carbocycles. The summed E-state index contributed by atoms with van der Waals surface area (Å²) in [5.41, 5.74) is 0. The number of carbonyl (C=O) groups is 1. The molecule has 0 radical (unpaired) electrons. The highest BCUT2D eigenvalue weighted by Gasteiger charge is 2.27. The molecule has 0 aromatic heterocycles. The molecular formula is C29H53NO6S. The molecule has 8 heteroatoms. The molecule has 37 heavy (non-hydrogen) atoms. The van der Waals surface area contributed by atoms with Crippen LogP contribution in [-0.2, 0) is 14.9 Å². The quantitative estimate of drug-likeness (QED) is 0.0669. The second-order valence-electron chi connectivity index (χ2n) is 9.80. The van der Waals surface area contributed by atoms with Crippen LogP contribution in [0.2, 0.25) is 0 Å². The van der Waals surface area contributed by atoms with Crippen LogP contribution >= 0.6 is 0 Å². The van der Waals surface area contributed by atoms with Gasteiger partial charge in [0.15, 0.2) is 0 Å². The third kappa shape index (κ3) is 23.4. The lowest BCUT2D eigenvalue weighted by Crippen LogP contribution is -2.50. The Bertz CT molecular complexity index is 747. The van der Waals surface area contributed by atoms with Crippen LogP contribution in [0.25, 0.3) is 0 Å². The van der Waals surface area contributed by atoms with Gasteiger partial charge in [0.2, 0.25) is 5.91 Å². The number of rotatable bonds is 24. The molecular weight excluding hydrogens is 490 g/mol. The summed E-state index contributed by atoms with van der Waals surface area (Å²) < 4.78 is 32.0. The molecule has 216 valence electrons. The Morgan fingerprint density at radius 1 is 0.730 bits per heavy atom. The van der Waals surface area contributed by atoms with E-state index in [1.165, 1.54) is 44.6 Å². The molecule has 0 aliphatic rings. The minimum atomic E-state index is -4.44. The lowest BCUT2D eigenvalue weighted by molar-refractivity contribution is -0.130. The first-order valence-corrected chi connectivity index (χ1v) is 15.9. The summed E-state index contributed by atoms with van der Waals surface area (Å²) in [5.74, 6) is -1.58. The number of hydrogen-bond donors (Lipinski definition) is 4. The zero-order valence-corrected chi connectivity index (χ0v) is 24.0. The van der Waals surface area contributed by atoms with Gasteiger partial charge >= 0.3 is 0 Å². The molecule has 0 saturated heterocycles. The van der Waals surface area contributed by atoms with Crippen LogP contribution in [0.1, 0.15) is 117 Å². The Kier molecular flexibility index (Phi) is 22.7. The molecule has 4 N–H and O–H groups in total. The second-order valence-corrected chi connectivity index (χ2v) is 11.3. The third-order valence-corrected chi connectivity index (χ3v) is 6.93. The molecule has 3 atom stereocenters. The van der Waals surface area contributed by atoms with Crippen molar-refractivity contribution >= 4 is 16.0 Å². The predicted octanol–water partition coefficient (Wildman–Crippen LogP) is 6.03. The van der Waals surface area contributed by atoms with Gasteiger partial charge in [-0.25, -0.2) is 0 Å². The van der Waals surface area contributed by atoms with Gasteiger partial charge in [-0.15, -0.1) is 0 Å². The van der Waals surface area contributed by atoms with Gasteiger partial charge < -0.3 is 15.5 Å². The van der Waals surface area contributed by atoms with Gasteiger partial charge in [-0.2, -0.15) is 8.42 Å². The summed E-state index contributed by atoms with van der Waals surface area (Å²) in [6, 6.07) is -1.25. The van der Waals surface area contributed by atoms with Gasteiger partial charge in [-0.05, 0) is 57.8 Å². The van der Waals surface area contributed by atoms with E-state index < -0.39 is 40.0 Å². The van der Waals surface area contributed by atoms with Gasteiger partial charge in [0.05, 0.1) is 17.9 Å². The first-order chi connectivity index (χ1) is 17.7. The molecule has 0 aromatic rings. The first-order valence-electron chi connectivity index (χ1n) is 14.3. The molecule has 1 amide bonds. The normalized spacial score (nSPS) is 15.1. The van der Waals surface area contributed by atoms with Gasteiger partial charge in [-0.3, -0.25) is 9.35 Å².